The smallest absolute Gasteiger partial charge is 0.338 e. The molecule has 0 saturated carbocycles. The van der Waals surface area contributed by atoms with Gasteiger partial charge in [0.1, 0.15) is 10.6 Å². The Morgan fingerprint density at radius 1 is 1.32 bits per heavy atom. The van der Waals surface area contributed by atoms with Gasteiger partial charge in [-0.1, -0.05) is 12.1 Å². The quantitative estimate of drug-likeness (QED) is 0.780. The first-order chi connectivity index (χ1) is 11.9. The average Bonchev–Trinajstić information content (AvgIpc) is 2.92. The molecule has 7 heteroatoms. The van der Waals surface area contributed by atoms with Crippen molar-refractivity contribution >= 4 is 27.8 Å². The van der Waals surface area contributed by atoms with Crippen molar-refractivity contribution in [2.75, 3.05) is 7.11 Å². The third-order valence-electron chi connectivity index (χ3n) is 4.07. The first kappa shape index (κ1) is 17.2. The predicted octanol–water partition coefficient (Wildman–Crippen LogP) is 3.40. The lowest BCUT2D eigenvalue weighted by atomic mass is 10.0. The number of nitrogens with zero attached hydrogens (tertiary/aromatic N) is 2. The van der Waals surface area contributed by atoms with E-state index in [1.165, 1.54) is 0 Å². The van der Waals surface area contributed by atoms with Crippen LogP contribution in [-0.2, 0) is 0 Å². The fourth-order valence-electron chi connectivity index (χ4n) is 2.88. The number of carbonyl (C=O) groups excluding carboxylic acids is 1. The maximum atomic E-state index is 12.5. The lowest BCUT2D eigenvalue weighted by Crippen LogP contribution is -2.34. The van der Waals surface area contributed by atoms with E-state index in [1.807, 2.05) is 32.9 Å². The third-order valence-corrected chi connectivity index (χ3v) is 5.09. The van der Waals surface area contributed by atoms with Crippen molar-refractivity contribution in [1.82, 2.24) is 14.3 Å². The number of benzene rings is 1. The van der Waals surface area contributed by atoms with Gasteiger partial charge in [-0.25, -0.2) is 9.78 Å². The summed E-state index contributed by atoms with van der Waals surface area (Å²) in [7, 11) is 1.64. The van der Waals surface area contributed by atoms with Gasteiger partial charge < -0.3 is 10.1 Å². The van der Waals surface area contributed by atoms with Crippen molar-refractivity contribution in [3.63, 3.8) is 0 Å². The SMILES string of the molecule is COc1c(C)cc(C(C)NC(=O)n2sc3ncccc3c2=O)cc1C. The maximum Gasteiger partial charge on any atom is 0.338 e. The van der Waals surface area contributed by atoms with Gasteiger partial charge in [-0.05, 0) is 61.1 Å². The molecule has 1 atom stereocenters. The van der Waals surface area contributed by atoms with Crippen LogP contribution >= 0.6 is 11.5 Å². The van der Waals surface area contributed by atoms with Gasteiger partial charge in [0.05, 0.1) is 18.5 Å². The molecule has 0 bridgehead atoms. The van der Waals surface area contributed by atoms with Crippen LogP contribution in [0.1, 0.15) is 29.7 Å². The van der Waals surface area contributed by atoms with E-state index in [0.717, 1.165) is 37.9 Å². The number of amides is 1. The third kappa shape index (κ3) is 3.15. The number of nitrogens with one attached hydrogen (secondary N) is 1. The fourth-order valence-corrected chi connectivity index (χ4v) is 3.73. The standard InChI is InChI=1S/C18H19N3O3S/c1-10-8-13(9-11(2)15(10)24-4)12(3)20-18(23)21-17(22)14-6-5-7-19-16(14)25-21/h5-9,12H,1-4H3,(H,20,23). The summed E-state index contributed by atoms with van der Waals surface area (Å²) in [5.41, 5.74) is 2.61. The fraction of sp³-hybridized carbons (Fsp3) is 0.278. The highest BCUT2D eigenvalue weighted by Crippen LogP contribution is 2.27. The van der Waals surface area contributed by atoms with Gasteiger partial charge in [-0.15, -0.1) is 0 Å². The van der Waals surface area contributed by atoms with Crippen LogP contribution in [0.5, 0.6) is 5.75 Å². The molecule has 1 N–H and O–H groups in total. The topological polar surface area (TPSA) is 73.2 Å². The van der Waals surface area contributed by atoms with E-state index in [0.29, 0.717) is 10.2 Å². The summed E-state index contributed by atoms with van der Waals surface area (Å²) in [6, 6.07) is 6.61. The Kier molecular flexibility index (Phi) is 4.59. The van der Waals surface area contributed by atoms with Crippen LogP contribution in [0, 0.1) is 13.8 Å². The molecule has 0 radical (unpaired) electrons. The van der Waals surface area contributed by atoms with Gasteiger partial charge in [-0.2, -0.15) is 3.96 Å². The number of rotatable bonds is 3. The van der Waals surface area contributed by atoms with Crippen LogP contribution in [0.2, 0.25) is 0 Å². The largest absolute Gasteiger partial charge is 0.496 e. The Morgan fingerprint density at radius 2 is 2.00 bits per heavy atom. The molecule has 25 heavy (non-hydrogen) atoms. The molecule has 3 rings (SSSR count). The Labute approximate surface area is 149 Å². The highest BCUT2D eigenvalue weighted by atomic mass is 32.1. The minimum atomic E-state index is -0.452. The normalized spacial score (nSPS) is 12.2. The summed E-state index contributed by atoms with van der Waals surface area (Å²) < 4.78 is 6.48. The molecular weight excluding hydrogens is 338 g/mol. The van der Waals surface area contributed by atoms with Crippen molar-refractivity contribution < 1.29 is 9.53 Å². The monoisotopic (exact) mass is 357 g/mol. The molecular formula is C18H19N3O3S. The average molecular weight is 357 g/mol. The number of fused-ring (bicyclic) bond motifs is 1. The molecule has 6 nitrogen and oxygen atoms in total. The summed E-state index contributed by atoms with van der Waals surface area (Å²) in [6.45, 7) is 5.81. The van der Waals surface area contributed by atoms with Gasteiger partial charge >= 0.3 is 6.03 Å². The summed E-state index contributed by atoms with van der Waals surface area (Å²) in [6.07, 6.45) is 1.60. The van der Waals surface area contributed by atoms with E-state index in [4.69, 9.17) is 4.74 Å². The van der Waals surface area contributed by atoms with Gasteiger partial charge in [0.2, 0.25) is 0 Å². The molecule has 2 aromatic heterocycles. The zero-order valence-corrected chi connectivity index (χ0v) is 15.3. The molecule has 0 fully saturated rings. The summed E-state index contributed by atoms with van der Waals surface area (Å²) in [5, 5.41) is 3.32. The summed E-state index contributed by atoms with van der Waals surface area (Å²) >= 11 is 1.04. The molecule has 0 aliphatic carbocycles. The second-order valence-electron chi connectivity index (χ2n) is 5.91. The van der Waals surface area contributed by atoms with Crippen LogP contribution in [0.4, 0.5) is 4.79 Å². The second-order valence-corrected chi connectivity index (χ2v) is 6.84. The number of aryl methyl sites for hydroxylation is 2. The number of hydrogen-bond acceptors (Lipinski definition) is 5. The zero-order valence-electron chi connectivity index (χ0n) is 14.5. The number of methoxy groups -OCH3 is 1. The van der Waals surface area contributed by atoms with Gasteiger partial charge in [0.15, 0.2) is 0 Å². The molecule has 0 spiro atoms. The molecule has 2 heterocycles. The van der Waals surface area contributed by atoms with Crippen molar-refractivity contribution in [2.24, 2.45) is 0 Å². The number of ether oxygens (including phenoxy) is 1. The van der Waals surface area contributed by atoms with Crippen molar-refractivity contribution in [3.05, 3.63) is 57.5 Å². The molecule has 1 amide bonds. The number of aromatic nitrogens is 2. The van der Waals surface area contributed by atoms with E-state index >= 15 is 0 Å². The van der Waals surface area contributed by atoms with E-state index in [1.54, 1.807) is 25.4 Å². The number of pyridine rings is 1. The summed E-state index contributed by atoms with van der Waals surface area (Å²) in [4.78, 5) is 29.5. The number of carbonyl (C=O) groups is 1. The van der Waals surface area contributed by atoms with Crippen LogP contribution < -0.4 is 15.6 Å². The molecule has 1 aromatic carbocycles. The highest BCUT2D eigenvalue weighted by molar-refractivity contribution is 7.14. The first-order valence-electron chi connectivity index (χ1n) is 7.85. The predicted molar refractivity (Wildman–Crippen MR) is 98.7 cm³/mol. The second kappa shape index (κ2) is 6.68. The molecule has 1 unspecified atom stereocenters. The van der Waals surface area contributed by atoms with Gasteiger partial charge in [-0.3, -0.25) is 4.79 Å². The lowest BCUT2D eigenvalue weighted by molar-refractivity contribution is 0.241. The van der Waals surface area contributed by atoms with E-state index in [-0.39, 0.29) is 11.6 Å². The van der Waals surface area contributed by atoms with Crippen molar-refractivity contribution in [3.8, 4) is 5.75 Å². The summed E-state index contributed by atoms with van der Waals surface area (Å²) in [5.74, 6) is 0.842. The van der Waals surface area contributed by atoms with Gasteiger partial charge in [0, 0.05) is 6.20 Å². The maximum absolute atomic E-state index is 12.5. The molecule has 3 aromatic rings. The van der Waals surface area contributed by atoms with E-state index in [9.17, 15) is 9.59 Å². The van der Waals surface area contributed by atoms with Crippen LogP contribution in [0.25, 0.3) is 10.2 Å². The van der Waals surface area contributed by atoms with E-state index in [2.05, 4.69) is 10.3 Å². The minimum absolute atomic E-state index is 0.249. The Balaban J connectivity index is 1.87. The van der Waals surface area contributed by atoms with E-state index < -0.39 is 6.03 Å². The molecule has 130 valence electrons. The van der Waals surface area contributed by atoms with Gasteiger partial charge in [0.25, 0.3) is 5.56 Å². The Hall–Kier alpha value is -2.67. The van der Waals surface area contributed by atoms with Crippen LogP contribution in [0.15, 0.2) is 35.3 Å². The Bertz CT molecular complexity index is 983. The van der Waals surface area contributed by atoms with Crippen LogP contribution in [0.3, 0.4) is 0 Å². The molecule has 0 saturated heterocycles. The van der Waals surface area contributed by atoms with Crippen LogP contribution in [-0.4, -0.2) is 22.1 Å². The number of hydrogen-bond donors (Lipinski definition) is 1. The minimum Gasteiger partial charge on any atom is -0.496 e. The van der Waals surface area contributed by atoms with Crippen molar-refractivity contribution in [1.29, 1.82) is 0 Å². The lowest BCUT2D eigenvalue weighted by Gasteiger charge is -2.17. The van der Waals surface area contributed by atoms with Crippen molar-refractivity contribution in [2.45, 2.75) is 26.8 Å². The molecule has 0 aliphatic heterocycles. The first-order valence-corrected chi connectivity index (χ1v) is 8.62. The molecule has 0 aliphatic rings. The Morgan fingerprint density at radius 3 is 2.60 bits per heavy atom. The highest BCUT2D eigenvalue weighted by Gasteiger charge is 2.18. The zero-order chi connectivity index (χ0) is 18.1.